The van der Waals surface area contributed by atoms with Crippen LogP contribution in [0.15, 0.2) is 10.6 Å². The summed E-state index contributed by atoms with van der Waals surface area (Å²) in [5.41, 5.74) is 0.436. The maximum absolute atomic E-state index is 11.8. The molecule has 1 rings (SSSR count). The van der Waals surface area contributed by atoms with Gasteiger partial charge in [-0.2, -0.15) is 0 Å². The van der Waals surface area contributed by atoms with Crippen molar-refractivity contribution in [3.05, 3.63) is 10.6 Å². The first-order valence-corrected chi connectivity index (χ1v) is 6.16. The Hall–Kier alpha value is -0.740. The van der Waals surface area contributed by atoms with E-state index >= 15 is 0 Å². The van der Waals surface area contributed by atoms with Gasteiger partial charge in [-0.25, -0.2) is 4.79 Å². The van der Waals surface area contributed by atoms with Crippen LogP contribution in [-0.4, -0.2) is 41.4 Å². The zero-order valence-corrected chi connectivity index (χ0v) is 11.4. The van der Waals surface area contributed by atoms with E-state index < -0.39 is 5.60 Å². The molecule has 0 aromatic heterocycles. The Balaban J connectivity index is 2.64. The average Bonchev–Trinajstić information content (AvgIpc) is 2.26. The molecule has 1 heterocycles. The SMILES string of the molecule is CC(C)(C)OC(=O)N1CCC/C(=C(/Cl)CO)C1. The first kappa shape index (κ1) is 14.3. The third-order valence-electron chi connectivity index (χ3n) is 2.46. The summed E-state index contributed by atoms with van der Waals surface area (Å²) in [5, 5.41) is 9.42. The molecule has 5 heteroatoms. The minimum absolute atomic E-state index is 0.168. The molecule has 1 amide bonds. The summed E-state index contributed by atoms with van der Waals surface area (Å²) in [7, 11) is 0. The van der Waals surface area contributed by atoms with Crippen molar-refractivity contribution in [1.29, 1.82) is 0 Å². The number of amides is 1. The van der Waals surface area contributed by atoms with Crippen LogP contribution in [0.3, 0.4) is 0 Å². The predicted octanol–water partition coefficient (Wildman–Crippen LogP) is 2.50. The van der Waals surface area contributed by atoms with Crippen LogP contribution in [-0.2, 0) is 4.74 Å². The van der Waals surface area contributed by atoms with Gasteiger partial charge in [0.2, 0.25) is 0 Å². The predicted molar refractivity (Wildman–Crippen MR) is 67.0 cm³/mol. The van der Waals surface area contributed by atoms with E-state index in [-0.39, 0.29) is 12.7 Å². The Kier molecular flexibility index (Phi) is 4.83. The standard InChI is InChI=1S/C12H20ClNO3/c1-12(2,3)17-11(16)14-6-4-5-9(7-14)10(13)8-15/h15H,4-8H2,1-3H3/b10-9-. The van der Waals surface area contributed by atoms with Crippen LogP contribution >= 0.6 is 11.6 Å². The molecule has 17 heavy (non-hydrogen) atoms. The fourth-order valence-electron chi connectivity index (χ4n) is 1.69. The summed E-state index contributed by atoms with van der Waals surface area (Å²) in [6, 6.07) is 0. The van der Waals surface area contributed by atoms with E-state index in [1.165, 1.54) is 0 Å². The highest BCUT2D eigenvalue weighted by atomic mass is 35.5. The fraction of sp³-hybridized carbons (Fsp3) is 0.750. The number of halogens is 1. The van der Waals surface area contributed by atoms with E-state index in [2.05, 4.69) is 0 Å². The third kappa shape index (κ3) is 4.56. The maximum atomic E-state index is 11.8. The Morgan fingerprint density at radius 2 is 2.18 bits per heavy atom. The quantitative estimate of drug-likeness (QED) is 0.789. The molecule has 0 saturated carbocycles. The molecule has 1 N–H and O–H groups in total. The van der Waals surface area contributed by atoms with Gasteiger partial charge >= 0.3 is 6.09 Å². The van der Waals surface area contributed by atoms with Gasteiger partial charge in [0, 0.05) is 18.1 Å². The van der Waals surface area contributed by atoms with E-state index in [4.69, 9.17) is 21.4 Å². The summed E-state index contributed by atoms with van der Waals surface area (Å²) >= 11 is 5.90. The van der Waals surface area contributed by atoms with Gasteiger partial charge in [-0.1, -0.05) is 11.6 Å². The topological polar surface area (TPSA) is 49.8 Å². The van der Waals surface area contributed by atoms with Crippen molar-refractivity contribution in [2.24, 2.45) is 0 Å². The van der Waals surface area contributed by atoms with Crippen LogP contribution in [0.2, 0.25) is 0 Å². The number of hydrogen-bond acceptors (Lipinski definition) is 3. The lowest BCUT2D eigenvalue weighted by molar-refractivity contribution is 0.0246. The molecule has 0 unspecified atom stereocenters. The van der Waals surface area contributed by atoms with E-state index in [0.29, 0.717) is 18.1 Å². The van der Waals surface area contributed by atoms with Crippen molar-refractivity contribution >= 4 is 17.7 Å². The van der Waals surface area contributed by atoms with Gasteiger partial charge in [0.1, 0.15) is 5.60 Å². The van der Waals surface area contributed by atoms with E-state index in [0.717, 1.165) is 18.4 Å². The molecule has 4 nitrogen and oxygen atoms in total. The van der Waals surface area contributed by atoms with Gasteiger partial charge in [0.05, 0.1) is 6.61 Å². The van der Waals surface area contributed by atoms with Gasteiger partial charge in [0.25, 0.3) is 0 Å². The monoisotopic (exact) mass is 261 g/mol. The average molecular weight is 262 g/mol. The lowest BCUT2D eigenvalue weighted by atomic mass is 10.0. The fourth-order valence-corrected chi connectivity index (χ4v) is 1.84. The second-order valence-electron chi connectivity index (χ2n) is 5.17. The van der Waals surface area contributed by atoms with Crippen LogP contribution in [0.1, 0.15) is 33.6 Å². The summed E-state index contributed by atoms with van der Waals surface area (Å²) in [6.45, 7) is 6.48. The summed E-state index contributed by atoms with van der Waals surface area (Å²) in [5.74, 6) is 0. The number of carbonyl (C=O) groups excluding carboxylic acids is 1. The molecule has 0 aromatic carbocycles. The Labute approximate surface area is 107 Å². The second-order valence-corrected chi connectivity index (χ2v) is 5.63. The Morgan fingerprint density at radius 3 is 2.71 bits per heavy atom. The van der Waals surface area contributed by atoms with Crippen molar-refractivity contribution in [2.45, 2.75) is 39.2 Å². The van der Waals surface area contributed by atoms with Crippen LogP contribution in [0.5, 0.6) is 0 Å². The molecule has 0 aliphatic carbocycles. The van der Waals surface area contributed by atoms with Crippen LogP contribution in [0.4, 0.5) is 4.79 Å². The highest BCUT2D eigenvalue weighted by molar-refractivity contribution is 6.30. The maximum Gasteiger partial charge on any atom is 0.410 e. The number of nitrogens with zero attached hydrogens (tertiary/aromatic N) is 1. The van der Waals surface area contributed by atoms with Crippen molar-refractivity contribution < 1.29 is 14.6 Å². The molecule has 0 atom stereocenters. The smallest absolute Gasteiger partial charge is 0.410 e. The highest BCUT2D eigenvalue weighted by Gasteiger charge is 2.25. The molecule has 0 radical (unpaired) electrons. The van der Waals surface area contributed by atoms with Gasteiger partial charge in [-0.05, 0) is 39.2 Å². The summed E-state index contributed by atoms with van der Waals surface area (Å²) < 4.78 is 5.30. The van der Waals surface area contributed by atoms with Gasteiger partial charge < -0.3 is 14.7 Å². The first-order valence-electron chi connectivity index (χ1n) is 5.78. The first-order chi connectivity index (χ1) is 7.83. The van der Waals surface area contributed by atoms with Crippen LogP contribution in [0, 0.1) is 0 Å². The number of likely N-dealkylation sites (tertiary alicyclic amines) is 1. The highest BCUT2D eigenvalue weighted by Crippen LogP contribution is 2.22. The number of ether oxygens (including phenoxy) is 1. The number of piperidine rings is 1. The molecule has 1 aliphatic rings. The minimum atomic E-state index is -0.487. The van der Waals surface area contributed by atoms with Crippen molar-refractivity contribution in [1.82, 2.24) is 4.90 Å². The largest absolute Gasteiger partial charge is 0.444 e. The van der Waals surface area contributed by atoms with E-state index in [1.54, 1.807) is 4.90 Å². The molecule has 0 aromatic rings. The number of carbonyl (C=O) groups is 1. The van der Waals surface area contributed by atoms with E-state index in [9.17, 15) is 4.79 Å². The second kappa shape index (κ2) is 5.74. The molecule has 0 bridgehead atoms. The van der Waals surface area contributed by atoms with Crippen molar-refractivity contribution in [2.75, 3.05) is 19.7 Å². The Morgan fingerprint density at radius 1 is 1.53 bits per heavy atom. The minimum Gasteiger partial charge on any atom is -0.444 e. The lowest BCUT2D eigenvalue weighted by Gasteiger charge is -2.31. The molecular formula is C12H20ClNO3. The molecule has 1 aliphatic heterocycles. The molecule has 1 saturated heterocycles. The number of hydrogen-bond donors (Lipinski definition) is 1. The van der Waals surface area contributed by atoms with Gasteiger partial charge in [-0.3, -0.25) is 0 Å². The molecule has 98 valence electrons. The normalized spacial score (nSPS) is 20.2. The number of aliphatic hydroxyl groups excluding tert-OH is 1. The van der Waals surface area contributed by atoms with Crippen LogP contribution < -0.4 is 0 Å². The van der Waals surface area contributed by atoms with Crippen molar-refractivity contribution in [3.8, 4) is 0 Å². The zero-order valence-electron chi connectivity index (χ0n) is 10.6. The summed E-state index contributed by atoms with van der Waals surface area (Å²) in [6.07, 6.45) is 1.36. The molecule has 1 fully saturated rings. The molecule has 0 spiro atoms. The molecular weight excluding hydrogens is 242 g/mol. The zero-order chi connectivity index (χ0) is 13.1. The lowest BCUT2D eigenvalue weighted by Crippen LogP contribution is -2.40. The van der Waals surface area contributed by atoms with Gasteiger partial charge in [-0.15, -0.1) is 0 Å². The number of aliphatic hydroxyl groups is 1. The number of rotatable bonds is 1. The summed E-state index contributed by atoms with van der Waals surface area (Å²) in [4.78, 5) is 13.5. The van der Waals surface area contributed by atoms with Crippen LogP contribution in [0.25, 0.3) is 0 Å². The van der Waals surface area contributed by atoms with E-state index in [1.807, 2.05) is 20.8 Å². The third-order valence-corrected chi connectivity index (χ3v) is 2.85. The van der Waals surface area contributed by atoms with Crippen molar-refractivity contribution in [3.63, 3.8) is 0 Å². The van der Waals surface area contributed by atoms with Gasteiger partial charge in [0.15, 0.2) is 0 Å². The Bertz CT molecular complexity index is 320.